The summed E-state index contributed by atoms with van der Waals surface area (Å²) in [5.74, 6) is -0.765. The van der Waals surface area contributed by atoms with Crippen LogP contribution in [0.15, 0.2) is 11.6 Å². The number of rotatable bonds is 16. The molecule has 0 radical (unpaired) electrons. The second-order valence-corrected chi connectivity index (χ2v) is 32.6. The Morgan fingerprint density at radius 2 is 1.06 bits per heavy atom. The summed E-state index contributed by atoms with van der Waals surface area (Å²) in [5.41, 5.74) is -1.39. The zero-order valence-electron chi connectivity index (χ0n) is 57.3. The van der Waals surface area contributed by atoms with Crippen LogP contribution in [0.2, 0.25) is 0 Å². The molecule has 28 heteroatoms. The topological polar surface area (TPSA) is 431 Å². The van der Waals surface area contributed by atoms with Gasteiger partial charge in [0.25, 0.3) is 0 Å². The maximum absolute atomic E-state index is 15.4. The van der Waals surface area contributed by atoms with Gasteiger partial charge in [-0.15, -0.1) is 0 Å². The predicted octanol–water partition coefficient (Wildman–Crippen LogP) is -0.895. The number of aliphatic hydroxyl groups is 15. The molecule has 0 amide bonds. The summed E-state index contributed by atoms with van der Waals surface area (Å²) in [6.45, 7) is 20.9. The monoisotopic (exact) mass is 1380 g/mol. The van der Waals surface area contributed by atoms with Crippen molar-refractivity contribution in [2.24, 2.45) is 68.0 Å². The van der Waals surface area contributed by atoms with E-state index in [1.807, 2.05) is 20.8 Å². The lowest BCUT2D eigenvalue weighted by molar-refractivity contribution is -0.384. The fourth-order valence-electron chi connectivity index (χ4n) is 19.7. The van der Waals surface area contributed by atoms with Gasteiger partial charge in [-0.1, -0.05) is 80.9 Å². The second-order valence-electron chi connectivity index (χ2n) is 32.6. The van der Waals surface area contributed by atoms with Crippen LogP contribution in [-0.4, -0.2) is 282 Å². The number of aliphatic hydroxyl groups excluding tert-OH is 15. The summed E-state index contributed by atoms with van der Waals surface area (Å²) < 4.78 is 74.1. The number of esters is 1. The molecule has 6 aliphatic heterocycles. The molecule has 4 saturated carbocycles. The van der Waals surface area contributed by atoms with E-state index < -0.39 is 203 Å². The Hall–Kier alpha value is -1.83. The molecule has 11 rings (SSSR count). The first-order valence-electron chi connectivity index (χ1n) is 35.1. The predicted molar refractivity (Wildman–Crippen MR) is 330 cm³/mol. The average molecular weight is 1380 g/mol. The van der Waals surface area contributed by atoms with Crippen LogP contribution in [0.25, 0.3) is 0 Å². The minimum Gasteiger partial charge on any atom is -0.432 e. The van der Waals surface area contributed by atoms with E-state index in [1.165, 1.54) is 12.5 Å². The molecule has 11 aliphatic rings. The molecule has 96 heavy (non-hydrogen) atoms. The molecule has 0 aromatic rings. The maximum atomic E-state index is 15.4. The number of allylic oxidation sites excluding steroid dienone is 2. The molecule has 0 unspecified atom stereocenters. The van der Waals surface area contributed by atoms with Crippen LogP contribution in [0.3, 0.4) is 0 Å². The Balaban J connectivity index is 0.791. The van der Waals surface area contributed by atoms with Gasteiger partial charge in [0.15, 0.2) is 31.5 Å². The highest BCUT2D eigenvalue weighted by Gasteiger charge is 2.71. The van der Waals surface area contributed by atoms with Crippen molar-refractivity contribution in [3.05, 3.63) is 11.6 Å². The Labute approximate surface area is 561 Å². The van der Waals surface area contributed by atoms with Crippen molar-refractivity contribution in [1.29, 1.82) is 0 Å². The van der Waals surface area contributed by atoms with Crippen molar-refractivity contribution in [2.45, 2.75) is 306 Å². The van der Waals surface area contributed by atoms with Crippen molar-refractivity contribution >= 4 is 5.97 Å². The zero-order valence-corrected chi connectivity index (χ0v) is 57.3. The molecule has 0 spiro atoms. The van der Waals surface area contributed by atoms with Crippen LogP contribution in [0.1, 0.15) is 140 Å². The molecule has 28 nitrogen and oxygen atoms in total. The van der Waals surface area contributed by atoms with Crippen LogP contribution in [0.5, 0.6) is 0 Å². The molecular weight excluding hydrogens is 1260 g/mol. The van der Waals surface area contributed by atoms with E-state index in [1.54, 1.807) is 0 Å². The van der Waals surface area contributed by atoms with Gasteiger partial charge in [-0.2, -0.15) is 0 Å². The molecule has 6 saturated heterocycles. The Morgan fingerprint density at radius 3 is 1.73 bits per heavy atom. The third kappa shape index (κ3) is 13.0. The van der Waals surface area contributed by atoms with Crippen LogP contribution in [0, 0.1) is 68.0 Å². The second kappa shape index (κ2) is 28.3. The Morgan fingerprint density at radius 1 is 0.500 bits per heavy atom. The molecule has 0 bridgehead atoms. The smallest absolute Gasteiger partial charge is 0.315 e. The molecule has 0 aromatic heterocycles. The van der Waals surface area contributed by atoms with E-state index in [2.05, 4.69) is 54.5 Å². The van der Waals surface area contributed by atoms with Gasteiger partial charge in [-0.3, -0.25) is 4.79 Å². The lowest BCUT2D eigenvalue weighted by Gasteiger charge is -2.71. The number of carbonyl (C=O) groups is 1. The molecular formula is C68H112O28. The summed E-state index contributed by atoms with van der Waals surface area (Å²) in [5, 5.41) is 163. The SMILES string of the molecule is C[C@@H]1[C@@H](C)[C@@H](O[C@@H]2[C@@H](O[C@H]3O[C@H](CO)[C@@H](O)[C@H](O)[C@H]3O)[C@H](O[C@H]3CC[C@]4(C)[C@H]5CC=C6[C@@H]7CC(C)(C)CC[C@]7(C(=O)O[C@H]7O[C@H](CO[C@H]8O[C@H](CO)[C@@H](O[C@H]9O[C@@H](C)[C@H](O)[C@@H](O)[C@H]9O)[C@H](O)[C@H]8O)[C@@H](O)[C@H](O)[C@H]7O)CC[C@@]6(C)[C@]5(C)CC[C@H]4C3(C)C)OC[C@@H]2O)O[C@H](CO)[C@H]1C. The van der Waals surface area contributed by atoms with Gasteiger partial charge in [0.2, 0.25) is 6.29 Å². The van der Waals surface area contributed by atoms with Crippen LogP contribution in [-0.2, 0) is 61.6 Å². The quantitative estimate of drug-likeness (QED) is 0.0506. The fourth-order valence-corrected chi connectivity index (χ4v) is 19.7. The third-order valence-corrected chi connectivity index (χ3v) is 26.5. The van der Waals surface area contributed by atoms with E-state index >= 15 is 4.79 Å². The van der Waals surface area contributed by atoms with Gasteiger partial charge in [0, 0.05) is 5.92 Å². The van der Waals surface area contributed by atoms with Crippen molar-refractivity contribution in [2.75, 3.05) is 33.0 Å². The molecule has 552 valence electrons. The number of ether oxygens (including phenoxy) is 12. The first-order chi connectivity index (χ1) is 45.0. The number of fused-ring (bicyclic) bond motifs is 7. The lowest BCUT2D eigenvalue weighted by Crippen LogP contribution is -2.66. The van der Waals surface area contributed by atoms with Crippen LogP contribution >= 0.6 is 0 Å². The summed E-state index contributed by atoms with van der Waals surface area (Å²) >= 11 is 0. The van der Waals surface area contributed by atoms with Gasteiger partial charge in [0.05, 0.1) is 56.8 Å². The summed E-state index contributed by atoms with van der Waals surface area (Å²) in [6.07, 6.45) is -30.8. The van der Waals surface area contributed by atoms with Gasteiger partial charge in [-0.05, 0) is 128 Å². The van der Waals surface area contributed by atoms with Crippen LogP contribution < -0.4 is 0 Å². The number of carbonyl (C=O) groups excluding carboxylic acids is 1. The largest absolute Gasteiger partial charge is 0.432 e. The molecule has 37 atom stereocenters. The van der Waals surface area contributed by atoms with E-state index in [0.717, 1.165) is 25.7 Å². The molecule has 15 N–H and O–H groups in total. The van der Waals surface area contributed by atoms with E-state index in [4.69, 9.17) is 56.8 Å². The molecule has 5 aliphatic carbocycles. The fraction of sp³-hybridized carbons (Fsp3) is 0.956. The highest BCUT2D eigenvalue weighted by atomic mass is 16.8. The lowest BCUT2D eigenvalue weighted by atomic mass is 9.33. The van der Waals surface area contributed by atoms with Gasteiger partial charge in [-0.25, -0.2) is 0 Å². The van der Waals surface area contributed by atoms with Crippen molar-refractivity contribution in [1.82, 2.24) is 0 Å². The molecule has 10 fully saturated rings. The minimum atomic E-state index is -1.90. The third-order valence-electron chi connectivity index (χ3n) is 26.5. The van der Waals surface area contributed by atoms with E-state index in [9.17, 15) is 76.6 Å². The maximum Gasteiger partial charge on any atom is 0.315 e. The van der Waals surface area contributed by atoms with Gasteiger partial charge < -0.3 is 133 Å². The normalized spacial score (nSPS) is 54.1. The van der Waals surface area contributed by atoms with E-state index in [0.29, 0.717) is 38.5 Å². The Kier molecular flexibility index (Phi) is 22.2. The first-order valence-corrected chi connectivity index (χ1v) is 35.1. The Bertz CT molecular complexity index is 2690. The highest BCUT2D eigenvalue weighted by Crippen LogP contribution is 2.76. The molecule has 6 heterocycles. The summed E-state index contributed by atoms with van der Waals surface area (Å²) in [6, 6.07) is 0. The summed E-state index contributed by atoms with van der Waals surface area (Å²) in [4.78, 5) is 15.4. The van der Waals surface area contributed by atoms with Gasteiger partial charge in [0.1, 0.15) is 110 Å². The zero-order chi connectivity index (χ0) is 70.0. The van der Waals surface area contributed by atoms with Crippen molar-refractivity contribution in [3.8, 4) is 0 Å². The number of hydrogen-bond donors (Lipinski definition) is 15. The van der Waals surface area contributed by atoms with Crippen molar-refractivity contribution in [3.63, 3.8) is 0 Å². The summed E-state index contributed by atoms with van der Waals surface area (Å²) in [7, 11) is 0. The van der Waals surface area contributed by atoms with Crippen LogP contribution in [0.4, 0.5) is 0 Å². The first kappa shape index (κ1) is 75.3. The highest BCUT2D eigenvalue weighted by molar-refractivity contribution is 5.79. The molecule has 0 aromatic carbocycles. The minimum absolute atomic E-state index is 0.0115. The standard InChI is InChI=1S/C68H112O28/c1-28-29(2)35(23-69)88-56(30(28)3)93-53-34(72)26-85-61(55(53)95-59-50(81)46(77)43(74)36(24-70)89-59)92-41-15-16-65(9)39(64(41,7)8)14-17-67(11)40(65)13-12-32-33-22-63(5,6)18-20-68(33,21-19-66(32,67)10)62(84)96-60-51(82)47(78)44(75)38(91-60)27-86-57-52(83)48(79)54(37(25-71)90-57)94-58-49(80)45(76)42(73)31(4)87-58/h12,28-31,33-61,69-83H,13-27H2,1-11H3/t28-,29-,30+,31-,33-,34-,35+,36+,37+,38+,39-,40+,41-,42-,43+,44+,45+,46-,47-,48+,49+,50+,51+,52+,53-,54+,55+,56+,57-,58+,59+,60+,61-,65-,66+,67+,68-/m0/s1. The average Bonchev–Trinajstić information content (AvgIpc) is 0.676. The van der Waals surface area contributed by atoms with E-state index in [-0.39, 0.29) is 70.4 Å². The van der Waals surface area contributed by atoms with Gasteiger partial charge >= 0.3 is 5.97 Å². The van der Waals surface area contributed by atoms with Crippen molar-refractivity contribution < 1.29 is 138 Å². The number of hydrogen-bond acceptors (Lipinski definition) is 28.